The number of nitrogens with zero attached hydrogens (tertiary/aromatic N) is 3. The number of ether oxygens (including phenoxy) is 2. The molecule has 1 fully saturated rings. The van der Waals surface area contributed by atoms with Gasteiger partial charge in [-0.15, -0.1) is 24.0 Å². The predicted octanol–water partition coefficient (Wildman–Crippen LogP) is 1.90. The minimum atomic E-state index is 0. The summed E-state index contributed by atoms with van der Waals surface area (Å²) >= 11 is 0. The van der Waals surface area contributed by atoms with Crippen molar-refractivity contribution < 1.29 is 9.47 Å². The Hall–Kier alpha value is -0.120. The van der Waals surface area contributed by atoms with Crippen molar-refractivity contribution in [1.29, 1.82) is 0 Å². The molecule has 144 valence electrons. The Balaban J connectivity index is 0.00000529. The summed E-state index contributed by atoms with van der Waals surface area (Å²) in [5, 5.41) is 3.50. The molecule has 24 heavy (non-hydrogen) atoms. The third-order valence-corrected chi connectivity index (χ3v) is 4.41. The second-order valence-corrected chi connectivity index (χ2v) is 6.02. The van der Waals surface area contributed by atoms with Gasteiger partial charge in [-0.25, -0.2) is 0 Å². The summed E-state index contributed by atoms with van der Waals surface area (Å²) in [5.41, 5.74) is 0. The number of halogens is 1. The van der Waals surface area contributed by atoms with E-state index in [0.29, 0.717) is 19.1 Å². The zero-order valence-electron chi connectivity index (χ0n) is 15.9. The molecule has 6 nitrogen and oxygen atoms in total. The molecule has 0 amide bonds. The van der Waals surface area contributed by atoms with Gasteiger partial charge in [-0.3, -0.25) is 4.99 Å². The van der Waals surface area contributed by atoms with Gasteiger partial charge in [0.1, 0.15) is 0 Å². The maximum absolute atomic E-state index is 5.65. The molecule has 1 saturated heterocycles. The van der Waals surface area contributed by atoms with E-state index < -0.39 is 0 Å². The number of aliphatic imine (C=N–C) groups is 1. The van der Waals surface area contributed by atoms with Crippen LogP contribution in [0.4, 0.5) is 0 Å². The van der Waals surface area contributed by atoms with Crippen LogP contribution in [0.3, 0.4) is 0 Å². The molecule has 1 N–H and O–H groups in total. The molecule has 0 aliphatic carbocycles. The molecule has 0 aromatic rings. The molecule has 1 aliphatic rings. The summed E-state index contributed by atoms with van der Waals surface area (Å²) in [5.74, 6) is 1.63. The van der Waals surface area contributed by atoms with E-state index in [1.165, 1.54) is 6.42 Å². The van der Waals surface area contributed by atoms with Gasteiger partial charge in [0.15, 0.2) is 5.96 Å². The fraction of sp³-hybridized carbons (Fsp3) is 0.941. The standard InChI is InChI=1S/C17H36N4O2.HI/c1-5-20(6-2)10-7-9-19-17(18-3)21-11-8-16(14-21)15-23-13-12-22-4;/h16H,5-15H2,1-4H3,(H,18,19);1H. The normalized spacial score (nSPS) is 18.1. The Morgan fingerprint density at radius 2 is 2.04 bits per heavy atom. The minimum absolute atomic E-state index is 0. The molecule has 0 saturated carbocycles. The van der Waals surface area contributed by atoms with Crippen molar-refractivity contribution in [2.45, 2.75) is 26.7 Å². The number of hydrogen-bond acceptors (Lipinski definition) is 4. The number of nitrogens with one attached hydrogen (secondary N) is 1. The molecule has 1 aliphatic heterocycles. The maximum atomic E-state index is 5.65. The highest BCUT2D eigenvalue weighted by atomic mass is 127. The van der Waals surface area contributed by atoms with Crippen molar-refractivity contribution in [3.05, 3.63) is 0 Å². The average molecular weight is 456 g/mol. The first kappa shape index (κ1) is 23.9. The van der Waals surface area contributed by atoms with E-state index in [9.17, 15) is 0 Å². The highest BCUT2D eigenvalue weighted by Gasteiger charge is 2.24. The first-order valence-corrected chi connectivity index (χ1v) is 8.99. The van der Waals surface area contributed by atoms with Gasteiger partial charge >= 0.3 is 0 Å². The van der Waals surface area contributed by atoms with E-state index in [1.807, 2.05) is 7.05 Å². The van der Waals surface area contributed by atoms with Gasteiger partial charge in [-0.1, -0.05) is 13.8 Å². The molecule has 7 heteroatoms. The van der Waals surface area contributed by atoms with Crippen molar-refractivity contribution in [2.75, 3.05) is 73.2 Å². The first-order chi connectivity index (χ1) is 11.2. The second kappa shape index (κ2) is 15.2. The molecular formula is C17H37IN4O2. The van der Waals surface area contributed by atoms with E-state index >= 15 is 0 Å². The average Bonchev–Trinajstić information content (AvgIpc) is 3.04. The fourth-order valence-electron chi connectivity index (χ4n) is 2.93. The van der Waals surface area contributed by atoms with E-state index in [2.05, 4.69) is 34.0 Å². The van der Waals surface area contributed by atoms with Crippen molar-refractivity contribution in [1.82, 2.24) is 15.1 Å². The molecule has 1 unspecified atom stereocenters. The summed E-state index contributed by atoms with van der Waals surface area (Å²) in [7, 11) is 3.58. The van der Waals surface area contributed by atoms with Crippen LogP contribution in [-0.2, 0) is 9.47 Å². The Morgan fingerprint density at radius 1 is 1.29 bits per heavy atom. The van der Waals surface area contributed by atoms with Crippen LogP contribution in [0.5, 0.6) is 0 Å². The monoisotopic (exact) mass is 456 g/mol. The highest BCUT2D eigenvalue weighted by Crippen LogP contribution is 2.16. The summed E-state index contributed by atoms with van der Waals surface area (Å²) in [6.45, 7) is 13.1. The van der Waals surface area contributed by atoms with Gasteiger partial charge in [0, 0.05) is 39.7 Å². The quantitative estimate of drug-likeness (QED) is 0.223. The molecule has 0 bridgehead atoms. The number of likely N-dealkylation sites (tertiary alicyclic amines) is 1. The van der Waals surface area contributed by atoms with Crippen LogP contribution in [0.1, 0.15) is 26.7 Å². The largest absolute Gasteiger partial charge is 0.382 e. The summed E-state index contributed by atoms with van der Waals surface area (Å²) in [4.78, 5) is 9.23. The van der Waals surface area contributed by atoms with E-state index in [-0.39, 0.29) is 24.0 Å². The first-order valence-electron chi connectivity index (χ1n) is 8.99. The third-order valence-electron chi connectivity index (χ3n) is 4.41. The molecule has 0 radical (unpaired) electrons. The zero-order chi connectivity index (χ0) is 16.9. The molecule has 1 rings (SSSR count). The second-order valence-electron chi connectivity index (χ2n) is 6.02. The van der Waals surface area contributed by atoms with Crippen molar-refractivity contribution in [3.63, 3.8) is 0 Å². The molecule has 0 aromatic carbocycles. The SMILES string of the molecule is CCN(CC)CCCNC(=NC)N1CCC(COCCOC)C1.I. The number of methoxy groups -OCH3 is 1. The molecular weight excluding hydrogens is 419 g/mol. The van der Waals surface area contributed by atoms with Crippen LogP contribution in [0.15, 0.2) is 4.99 Å². The lowest BCUT2D eigenvalue weighted by Crippen LogP contribution is -2.41. The van der Waals surface area contributed by atoms with Gasteiger partial charge in [-0.2, -0.15) is 0 Å². The summed E-state index contributed by atoms with van der Waals surface area (Å²) < 4.78 is 10.7. The topological polar surface area (TPSA) is 49.3 Å². The summed E-state index contributed by atoms with van der Waals surface area (Å²) in [6.07, 6.45) is 2.32. The van der Waals surface area contributed by atoms with Crippen LogP contribution in [0.2, 0.25) is 0 Å². The maximum Gasteiger partial charge on any atom is 0.193 e. The van der Waals surface area contributed by atoms with Gasteiger partial charge in [0.25, 0.3) is 0 Å². The van der Waals surface area contributed by atoms with Crippen LogP contribution in [0.25, 0.3) is 0 Å². The van der Waals surface area contributed by atoms with Crippen LogP contribution >= 0.6 is 24.0 Å². The van der Waals surface area contributed by atoms with Gasteiger partial charge in [-0.05, 0) is 32.5 Å². The minimum Gasteiger partial charge on any atom is -0.382 e. The van der Waals surface area contributed by atoms with Crippen molar-refractivity contribution >= 4 is 29.9 Å². The Bertz CT molecular complexity index is 328. The van der Waals surface area contributed by atoms with Gasteiger partial charge < -0.3 is 24.6 Å². The molecule has 1 atom stereocenters. The lowest BCUT2D eigenvalue weighted by molar-refractivity contribution is 0.0536. The predicted molar refractivity (Wildman–Crippen MR) is 112 cm³/mol. The van der Waals surface area contributed by atoms with Crippen molar-refractivity contribution in [2.24, 2.45) is 10.9 Å². The Kier molecular flexibility index (Phi) is 15.1. The smallest absolute Gasteiger partial charge is 0.193 e. The summed E-state index contributed by atoms with van der Waals surface area (Å²) in [6, 6.07) is 0. The van der Waals surface area contributed by atoms with Gasteiger partial charge in [0.05, 0.1) is 19.8 Å². The number of rotatable bonds is 11. The van der Waals surface area contributed by atoms with E-state index in [1.54, 1.807) is 7.11 Å². The molecule has 0 aromatic heterocycles. The number of guanidine groups is 1. The van der Waals surface area contributed by atoms with Crippen molar-refractivity contribution in [3.8, 4) is 0 Å². The Morgan fingerprint density at radius 3 is 2.67 bits per heavy atom. The highest BCUT2D eigenvalue weighted by molar-refractivity contribution is 14.0. The lowest BCUT2D eigenvalue weighted by Gasteiger charge is -2.23. The lowest BCUT2D eigenvalue weighted by atomic mass is 10.1. The third kappa shape index (κ3) is 9.39. The fourth-order valence-corrected chi connectivity index (χ4v) is 2.93. The molecule has 0 spiro atoms. The zero-order valence-corrected chi connectivity index (χ0v) is 18.3. The van der Waals surface area contributed by atoms with Crippen LogP contribution < -0.4 is 5.32 Å². The number of hydrogen-bond donors (Lipinski definition) is 1. The van der Waals surface area contributed by atoms with E-state index in [4.69, 9.17) is 9.47 Å². The van der Waals surface area contributed by atoms with Gasteiger partial charge in [0.2, 0.25) is 0 Å². The van der Waals surface area contributed by atoms with Crippen LogP contribution in [-0.4, -0.2) is 89.0 Å². The Labute approximate surface area is 165 Å². The molecule has 1 heterocycles. The van der Waals surface area contributed by atoms with E-state index in [0.717, 1.165) is 58.3 Å². The van der Waals surface area contributed by atoms with Crippen LogP contribution in [0, 0.1) is 5.92 Å².